The van der Waals surface area contributed by atoms with Crippen LogP contribution in [0.1, 0.15) is 5.69 Å². The number of hydrogen-bond acceptors (Lipinski definition) is 4. The molecule has 0 amide bonds. The van der Waals surface area contributed by atoms with Gasteiger partial charge in [0.25, 0.3) is 0 Å². The number of fused-ring (bicyclic) bond motifs is 1. The predicted octanol–water partition coefficient (Wildman–Crippen LogP) is -0.196. The van der Waals surface area contributed by atoms with Gasteiger partial charge >= 0.3 is 0 Å². The fraction of sp³-hybridized carbons (Fsp3) is 0.143. The summed E-state index contributed by atoms with van der Waals surface area (Å²) in [6, 6.07) is 0. The lowest BCUT2D eigenvalue weighted by Crippen LogP contribution is -1.91. The van der Waals surface area contributed by atoms with Crippen LogP contribution in [0.3, 0.4) is 0 Å². The predicted molar refractivity (Wildman–Crippen MR) is 43.3 cm³/mol. The van der Waals surface area contributed by atoms with Crippen molar-refractivity contribution in [2.24, 2.45) is 0 Å². The van der Waals surface area contributed by atoms with Gasteiger partial charge in [-0.2, -0.15) is 0 Å². The largest absolute Gasteiger partial charge is 0.396 e. The topological polar surface area (TPSA) is 76.4 Å². The van der Waals surface area contributed by atoms with E-state index in [2.05, 4.69) is 9.97 Å². The molecule has 62 valence electrons. The van der Waals surface area contributed by atoms with E-state index in [1.165, 1.54) is 6.20 Å². The molecule has 5 heteroatoms. The van der Waals surface area contributed by atoms with Crippen LogP contribution in [0.2, 0.25) is 0 Å². The van der Waals surface area contributed by atoms with E-state index < -0.39 is 0 Å². The fourth-order valence-electron chi connectivity index (χ4n) is 1.03. The molecule has 5 nitrogen and oxygen atoms in total. The number of aliphatic hydroxyl groups excluding tert-OH is 1. The first-order chi connectivity index (χ1) is 5.79. The summed E-state index contributed by atoms with van der Waals surface area (Å²) < 4.78 is 1.68. The third kappa shape index (κ3) is 0.998. The van der Waals surface area contributed by atoms with Crippen LogP contribution in [0.15, 0.2) is 18.6 Å². The minimum Gasteiger partial charge on any atom is -0.396 e. The number of aliphatic hydroxyl groups is 1. The van der Waals surface area contributed by atoms with Crippen molar-refractivity contribution >= 4 is 11.5 Å². The molecule has 0 aliphatic heterocycles. The van der Waals surface area contributed by atoms with Crippen LogP contribution in [-0.4, -0.2) is 19.5 Å². The van der Waals surface area contributed by atoms with Crippen LogP contribution in [0.25, 0.3) is 5.78 Å². The summed E-state index contributed by atoms with van der Waals surface area (Å²) in [6.07, 6.45) is 4.93. The Kier molecular flexibility index (Phi) is 1.44. The van der Waals surface area contributed by atoms with Gasteiger partial charge < -0.3 is 10.8 Å². The zero-order valence-electron chi connectivity index (χ0n) is 6.31. The monoisotopic (exact) mass is 164 g/mol. The summed E-state index contributed by atoms with van der Waals surface area (Å²) in [7, 11) is 0. The third-order valence-corrected chi connectivity index (χ3v) is 1.54. The number of anilines is 1. The van der Waals surface area contributed by atoms with Crippen LogP contribution in [0.5, 0.6) is 0 Å². The Morgan fingerprint density at radius 2 is 2.33 bits per heavy atom. The first-order valence-corrected chi connectivity index (χ1v) is 3.49. The van der Waals surface area contributed by atoms with E-state index in [0.29, 0.717) is 17.2 Å². The molecule has 2 rings (SSSR count). The summed E-state index contributed by atoms with van der Waals surface area (Å²) in [5.74, 6) is 0.549. The van der Waals surface area contributed by atoms with E-state index >= 15 is 0 Å². The zero-order valence-corrected chi connectivity index (χ0v) is 6.31. The lowest BCUT2D eigenvalue weighted by molar-refractivity contribution is 0.277. The molecular formula is C7H8N4O. The highest BCUT2D eigenvalue weighted by Gasteiger charge is 2.00. The molecule has 0 aromatic carbocycles. The molecule has 0 saturated carbocycles. The van der Waals surface area contributed by atoms with Gasteiger partial charge in [-0.1, -0.05) is 0 Å². The molecule has 0 fully saturated rings. The summed E-state index contributed by atoms with van der Waals surface area (Å²) in [4.78, 5) is 7.98. The van der Waals surface area contributed by atoms with E-state index in [-0.39, 0.29) is 6.61 Å². The SMILES string of the molecule is Nc1cnc2nc(CO)cn2c1. The molecule has 0 atom stereocenters. The highest BCUT2D eigenvalue weighted by molar-refractivity contribution is 5.39. The molecule has 0 saturated heterocycles. The minimum atomic E-state index is -0.0801. The molecular weight excluding hydrogens is 156 g/mol. The molecule has 12 heavy (non-hydrogen) atoms. The smallest absolute Gasteiger partial charge is 0.234 e. The Labute approximate surface area is 68.5 Å². The Bertz CT molecular complexity index is 409. The zero-order chi connectivity index (χ0) is 8.55. The van der Waals surface area contributed by atoms with Gasteiger partial charge in [0.2, 0.25) is 5.78 Å². The Hall–Kier alpha value is -1.62. The van der Waals surface area contributed by atoms with Crippen molar-refractivity contribution in [1.29, 1.82) is 0 Å². The Morgan fingerprint density at radius 3 is 3.08 bits per heavy atom. The average Bonchev–Trinajstić information content (AvgIpc) is 2.46. The van der Waals surface area contributed by atoms with Crippen LogP contribution in [0, 0.1) is 0 Å². The van der Waals surface area contributed by atoms with E-state index in [9.17, 15) is 0 Å². The van der Waals surface area contributed by atoms with Crippen molar-refractivity contribution in [3.63, 3.8) is 0 Å². The van der Waals surface area contributed by atoms with Gasteiger partial charge in [-0.3, -0.25) is 4.40 Å². The number of nitrogens with zero attached hydrogens (tertiary/aromatic N) is 3. The maximum atomic E-state index is 8.77. The van der Waals surface area contributed by atoms with Crippen molar-refractivity contribution in [3.05, 3.63) is 24.3 Å². The second-order valence-electron chi connectivity index (χ2n) is 2.48. The van der Waals surface area contributed by atoms with Crippen molar-refractivity contribution in [1.82, 2.24) is 14.4 Å². The quantitative estimate of drug-likeness (QED) is 0.612. The Balaban J connectivity index is 2.67. The Morgan fingerprint density at radius 1 is 1.50 bits per heavy atom. The number of nitrogens with two attached hydrogens (primary N) is 1. The summed E-state index contributed by atoms with van der Waals surface area (Å²) in [5, 5.41) is 8.77. The lowest BCUT2D eigenvalue weighted by atomic mass is 10.5. The lowest BCUT2D eigenvalue weighted by Gasteiger charge is -1.92. The molecule has 0 unspecified atom stereocenters. The maximum absolute atomic E-state index is 8.77. The van der Waals surface area contributed by atoms with E-state index in [1.54, 1.807) is 16.8 Å². The number of aromatic nitrogens is 3. The first kappa shape index (κ1) is 7.05. The van der Waals surface area contributed by atoms with Crippen molar-refractivity contribution in [3.8, 4) is 0 Å². The average molecular weight is 164 g/mol. The van der Waals surface area contributed by atoms with Gasteiger partial charge in [0.15, 0.2) is 0 Å². The molecule has 2 aromatic rings. The van der Waals surface area contributed by atoms with Crippen LogP contribution in [0.4, 0.5) is 5.69 Å². The number of hydrogen-bond donors (Lipinski definition) is 2. The highest BCUT2D eigenvalue weighted by atomic mass is 16.3. The highest BCUT2D eigenvalue weighted by Crippen LogP contribution is 2.05. The van der Waals surface area contributed by atoms with Gasteiger partial charge in [0, 0.05) is 12.4 Å². The normalized spacial score (nSPS) is 10.8. The minimum absolute atomic E-state index is 0.0801. The van der Waals surface area contributed by atoms with Gasteiger partial charge in [-0.25, -0.2) is 9.97 Å². The molecule has 0 bridgehead atoms. The molecule has 0 aliphatic rings. The molecule has 3 N–H and O–H groups in total. The van der Waals surface area contributed by atoms with Gasteiger partial charge in [-0.15, -0.1) is 0 Å². The standard InChI is InChI=1S/C7H8N4O/c8-5-1-9-7-10-6(4-12)3-11(7)2-5/h1-3,12H,4,8H2. The summed E-state index contributed by atoms with van der Waals surface area (Å²) >= 11 is 0. The number of rotatable bonds is 1. The van der Waals surface area contributed by atoms with E-state index in [4.69, 9.17) is 10.8 Å². The van der Waals surface area contributed by atoms with Crippen molar-refractivity contribution < 1.29 is 5.11 Å². The first-order valence-electron chi connectivity index (χ1n) is 3.49. The molecule has 2 heterocycles. The molecule has 2 aromatic heterocycles. The summed E-state index contributed by atoms with van der Waals surface area (Å²) in [5.41, 5.74) is 6.67. The molecule has 0 aliphatic carbocycles. The van der Waals surface area contributed by atoms with Crippen LogP contribution < -0.4 is 5.73 Å². The number of nitrogen functional groups attached to an aromatic ring is 1. The molecule has 0 radical (unpaired) electrons. The van der Waals surface area contributed by atoms with E-state index in [0.717, 1.165) is 0 Å². The van der Waals surface area contributed by atoms with Crippen molar-refractivity contribution in [2.75, 3.05) is 5.73 Å². The fourth-order valence-corrected chi connectivity index (χ4v) is 1.03. The third-order valence-electron chi connectivity index (χ3n) is 1.54. The second kappa shape index (κ2) is 2.46. The number of imidazole rings is 1. The second-order valence-corrected chi connectivity index (χ2v) is 2.48. The van der Waals surface area contributed by atoms with Crippen LogP contribution >= 0.6 is 0 Å². The van der Waals surface area contributed by atoms with E-state index in [1.807, 2.05) is 0 Å². The van der Waals surface area contributed by atoms with Gasteiger partial charge in [0.1, 0.15) is 0 Å². The van der Waals surface area contributed by atoms with Gasteiger partial charge in [-0.05, 0) is 0 Å². The van der Waals surface area contributed by atoms with Crippen molar-refractivity contribution in [2.45, 2.75) is 6.61 Å². The summed E-state index contributed by atoms with van der Waals surface area (Å²) in [6.45, 7) is -0.0801. The maximum Gasteiger partial charge on any atom is 0.234 e. The van der Waals surface area contributed by atoms with Crippen LogP contribution in [-0.2, 0) is 6.61 Å². The molecule has 0 spiro atoms. The van der Waals surface area contributed by atoms with Gasteiger partial charge in [0.05, 0.1) is 24.2 Å².